The van der Waals surface area contributed by atoms with Crippen molar-refractivity contribution in [1.82, 2.24) is 0 Å². The molecule has 2 nitrogen and oxygen atoms in total. The van der Waals surface area contributed by atoms with E-state index in [-0.39, 0.29) is 0 Å². The quantitative estimate of drug-likeness (QED) is 0.706. The van der Waals surface area contributed by atoms with Crippen LogP contribution in [-0.2, 0) is 0 Å². The van der Waals surface area contributed by atoms with Gasteiger partial charge in [-0.05, 0) is 12.5 Å². The third-order valence-corrected chi connectivity index (χ3v) is 3.14. The first-order chi connectivity index (χ1) is 6.33. The lowest BCUT2D eigenvalue weighted by Crippen LogP contribution is -2.11. The zero-order chi connectivity index (χ0) is 9.26. The summed E-state index contributed by atoms with van der Waals surface area (Å²) in [6.07, 6.45) is 1.01. The summed E-state index contributed by atoms with van der Waals surface area (Å²) >= 11 is 3.61. The van der Waals surface area contributed by atoms with Gasteiger partial charge >= 0.3 is 0 Å². The van der Waals surface area contributed by atoms with E-state index in [0.29, 0.717) is 4.83 Å². The molecule has 13 heavy (non-hydrogen) atoms. The molecule has 0 fully saturated rings. The minimum atomic E-state index is 0.395. The van der Waals surface area contributed by atoms with E-state index in [4.69, 9.17) is 9.47 Å². The molecule has 0 saturated carbocycles. The number of rotatable bonds is 1. The average Bonchev–Trinajstić information content (AvgIpc) is 2.18. The van der Waals surface area contributed by atoms with Crippen LogP contribution in [0.1, 0.15) is 16.8 Å². The van der Waals surface area contributed by atoms with Crippen LogP contribution in [0.3, 0.4) is 0 Å². The molecule has 0 amide bonds. The number of ether oxygens (including phenoxy) is 2. The monoisotopic (exact) mass is 242 g/mol. The summed E-state index contributed by atoms with van der Waals surface area (Å²) in [5.74, 6) is 1.71. The lowest BCUT2D eigenvalue weighted by atomic mass is 10.1. The van der Waals surface area contributed by atoms with Crippen molar-refractivity contribution in [3.8, 4) is 11.5 Å². The molecule has 1 heterocycles. The highest BCUT2D eigenvalue weighted by atomic mass is 79.9. The molecule has 0 saturated heterocycles. The second-order valence-corrected chi connectivity index (χ2v) is 4.09. The number of hydrogen-bond acceptors (Lipinski definition) is 2. The van der Waals surface area contributed by atoms with Crippen molar-refractivity contribution >= 4 is 15.9 Å². The SMILES string of the molecule is COc1cccc2c1OCCC2Br. The maximum Gasteiger partial charge on any atom is 0.165 e. The molecule has 2 rings (SSSR count). The van der Waals surface area contributed by atoms with Crippen LogP contribution in [0.2, 0.25) is 0 Å². The van der Waals surface area contributed by atoms with Crippen LogP contribution in [0, 0.1) is 0 Å². The smallest absolute Gasteiger partial charge is 0.165 e. The Hall–Kier alpha value is -0.700. The summed E-state index contributed by atoms with van der Waals surface area (Å²) in [6.45, 7) is 0.753. The Kier molecular flexibility index (Phi) is 2.44. The molecule has 0 bridgehead atoms. The Morgan fingerprint density at radius 1 is 1.54 bits per heavy atom. The van der Waals surface area contributed by atoms with Crippen molar-refractivity contribution in [3.63, 3.8) is 0 Å². The lowest BCUT2D eigenvalue weighted by Gasteiger charge is -2.23. The van der Waals surface area contributed by atoms with Crippen molar-refractivity contribution < 1.29 is 9.47 Å². The van der Waals surface area contributed by atoms with Gasteiger partial charge in [-0.25, -0.2) is 0 Å². The van der Waals surface area contributed by atoms with Crippen LogP contribution >= 0.6 is 15.9 Å². The first-order valence-electron chi connectivity index (χ1n) is 4.26. The molecule has 1 unspecified atom stereocenters. The third kappa shape index (κ3) is 1.53. The molecule has 3 heteroatoms. The van der Waals surface area contributed by atoms with Gasteiger partial charge in [0, 0.05) is 10.4 Å². The Labute approximate surface area is 86.0 Å². The fourth-order valence-corrected chi connectivity index (χ4v) is 2.06. The Balaban J connectivity index is 2.48. The van der Waals surface area contributed by atoms with Gasteiger partial charge in [-0.2, -0.15) is 0 Å². The fourth-order valence-electron chi connectivity index (χ4n) is 1.51. The Morgan fingerprint density at radius 2 is 2.38 bits per heavy atom. The van der Waals surface area contributed by atoms with Crippen LogP contribution in [0.4, 0.5) is 0 Å². The summed E-state index contributed by atoms with van der Waals surface area (Å²) < 4.78 is 10.8. The van der Waals surface area contributed by atoms with Gasteiger partial charge in [0.1, 0.15) is 0 Å². The number of methoxy groups -OCH3 is 1. The first kappa shape index (κ1) is 8.88. The van der Waals surface area contributed by atoms with Crippen LogP contribution in [0.15, 0.2) is 18.2 Å². The molecule has 0 spiro atoms. The van der Waals surface area contributed by atoms with Gasteiger partial charge in [0.2, 0.25) is 0 Å². The Morgan fingerprint density at radius 3 is 3.15 bits per heavy atom. The van der Waals surface area contributed by atoms with Gasteiger partial charge in [0.05, 0.1) is 13.7 Å². The molecule has 1 aromatic rings. The summed E-state index contributed by atoms with van der Waals surface area (Å²) in [5, 5.41) is 0. The predicted octanol–water partition coefficient (Wildman–Crippen LogP) is 2.91. The molecule has 1 aliphatic heterocycles. The van der Waals surface area contributed by atoms with Crippen LogP contribution in [-0.4, -0.2) is 13.7 Å². The highest BCUT2D eigenvalue weighted by molar-refractivity contribution is 9.09. The topological polar surface area (TPSA) is 18.5 Å². The number of fused-ring (bicyclic) bond motifs is 1. The van der Waals surface area contributed by atoms with Gasteiger partial charge in [-0.3, -0.25) is 0 Å². The van der Waals surface area contributed by atoms with Crippen molar-refractivity contribution in [1.29, 1.82) is 0 Å². The number of alkyl halides is 1. The summed E-state index contributed by atoms with van der Waals surface area (Å²) in [6, 6.07) is 5.97. The van der Waals surface area contributed by atoms with E-state index in [1.807, 2.05) is 12.1 Å². The van der Waals surface area contributed by atoms with Gasteiger partial charge < -0.3 is 9.47 Å². The summed E-state index contributed by atoms with van der Waals surface area (Å²) in [4.78, 5) is 0.395. The van der Waals surface area contributed by atoms with E-state index in [1.165, 1.54) is 5.56 Å². The number of para-hydroxylation sites is 1. The van der Waals surface area contributed by atoms with E-state index in [0.717, 1.165) is 24.5 Å². The van der Waals surface area contributed by atoms with Gasteiger partial charge in [0.15, 0.2) is 11.5 Å². The second kappa shape index (κ2) is 3.58. The fraction of sp³-hybridized carbons (Fsp3) is 0.400. The lowest BCUT2D eigenvalue weighted by molar-refractivity contribution is 0.268. The average molecular weight is 243 g/mol. The molecule has 0 N–H and O–H groups in total. The van der Waals surface area contributed by atoms with Crippen molar-refractivity contribution in [2.24, 2.45) is 0 Å². The van der Waals surface area contributed by atoms with Crippen LogP contribution < -0.4 is 9.47 Å². The van der Waals surface area contributed by atoms with Gasteiger partial charge in [-0.1, -0.05) is 28.1 Å². The van der Waals surface area contributed by atoms with E-state index in [9.17, 15) is 0 Å². The minimum absolute atomic E-state index is 0.395. The van der Waals surface area contributed by atoms with Gasteiger partial charge in [-0.15, -0.1) is 0 Å². The second-order valence-electron chi connectivity index (χ2n) is 2.98. The molecule has 1 aromatic carbocycles. The van der Waals surface area contributed by atoms with E-state index in [2.05, 4.69) is 22.0 Å². The third-order valence-electron chi connectivity index (χ3n) is 2.18. The van der Waals surface area contributed by atoms with E-state index >= 15 is 0 Å². The number of benzene rings is 1. The molecule has 1 aliphatic rings. The minimum Gasteiger partial charge on any atom is -0.493 e. The molecular formula is C10H11BrO2. The zero-order valence-electron chi connectivity index (χ0n) is 7.42. The first-order valence-corrected chi connectivity index (χ1v) is 5.18. The van der Waals surface area contributed by atoms with E-state index < -0.39 is 0 Å². The number of halogens is 1. The highest BCUT2D eigenvalue weighted by Crippen LogP contribution is 2.42. The maximum absolute atomic E-state index is 5.56. The standard InChI is InChI=1S/C10H11BrO2/c1-12-9-4-2-3-7-8(11)5-6-13-10(7)9/h2-4,8H,5-6H2,1H3. The van der Waals surface area contributed by atoms with Crippen molar-refractivity contribution in [2.75, 3.05) is 13.7 Å². The maximum atomic E-state index is 5.56. The van der Waals surface area contributed by atoms with Crippen LogP contribution in [0.5, 0.6) is 11.5 Å². The summed E-state index contributed by atoms with van der Waals surface area (Å²) in [7, 11) is 1.66. The molecule has 0 radical (unpaired) electrons. The Bertz CT molecular complexity index is 312. The zero-order valence-corrected chi connectivity index (χ0v) is 9.00. The molecular weight excluding hydrogens is 232 g/mol. The predicted molar refractivity (Wildman–Crippen MR) is 54.8 cm³/mol. The van der Waals surface area contributed by atoms with Crippen LogP contribution in [0.25, 0.3) is 0 Å². The largest absolute Gasteiger partial charge is 0.493 e. The molecule has 1 atom stereocenters. The number of hydrogen-bond donors (Lipinski definition) is 0. The van der Waals surface area contributed by atoms with Crippen molar-refractivity contribution in [2.45, 2.75) is 11.2 Å². The molecule has 0 aromatic heterocycles. The molecule has 0 aliphatic carbocycles. The molecule has 70 valence electrons. The summed E-state index contributed by atoms with van der Waals surface area (Å²) in [5.41, 5.74) is 1.19. The van der Waals surface area contributed by atoms with E-state index in [1.54, 1.807) is 7.11 Å². The van der Waals surface area contributed by atoms with Gasteiger partial charge in [0.25, 0.3) is 0 Å². The highest BCUT2D eigenvalue weighted by Gasteiger charge is 2.21. The normalized spacial score (nSPS) is 20.3. The van der Waals surface area contributed by atoms with Crippen molar-refractivity contribution in [3.05, 3.63) is 23.8 Å².